The molecule has 0 saturated carbocycles. The number of allylic oxidation sites excluding steroid dienone is 2. The Kier molecular flexibility index (Phi) is 5.45. The Morgan fingerprint density at radius 3 is 3.16 bits per heavy atom. The second-order valence-corrected chi connectivity index (χ2v) is 5.48. The number of hydrogen-bond donors (Lipinski definition) is 2. The third-order valence-corrected chi connectivity index (χ3v) is 3.73. The van der Waals surface area contributed by atoms with E-state index in [0.717, 1.165) is 45.3 Å². The first-order chi connectivity index (χ1) is 9.25. The summed E-state index contributed by atoms with van der Waals surface area (Å²) < 4.78 is 0. The van der Waals surface area contributed by atoms with Gasteiger partial charge in [0.15, 0.2) is 0 Å². The second kappa shape index (κ2) is 7.34. The van der Waals surface area contributed by atoms with Gasteiger partial charge >= 0.3 is 0 Å². The molecule has 0 spiro atoms. The van der Waals surface area contributed by atoms with Crippen LogP contribution >= 0.6 is 0 Å². The molecule has 1 fully saturated rings. The molecule has 0 aromatic heterocycles. The summed E-state index contributed by atoms with van der Waals surface area (Å²) in [4.78, 5) is 14.1. The molecule has 0 radical (unpaired) electrons. The van der Waals surface area contributed by atoms with Crippen LogP contribution in [0.1, 0.15) is 32.1 Å². The maximum atomic E-state index is 11.9. The number of hydrogen-bond acceptors (Lipinski definition) is 3. The van der Waals surface area contributed by atoms with Gasteiger partial charge in [0, 0.05) is 20.1 Å². The zero-order valence-electron chi connectivity index (χ0n) is 11.8. The molecule has 2 heterocycles. The van der Waals surface area contributed by atoms with Crippen LogP contribution in [0.4, 0.5) is 0 Å². The summed E-state index contributed by atoms with van der Waals surface area (Å²) >= 11 is 0. The fourth-order valence-electron chi connectivity index (χ4n) is 2.64. The number of nitrogens with zero attached hydrogens (tertiary/aromatic N) is 1. The smallest absolute Gasteiger partial charge is 0.237 e. The minimum absolute atomic E-state index is 0.0386. The number of carbonyl (C=O) groups excluding carboxylic acids is 1. The van der Waals surface area contributed by atoms with Crippen molar-refractivity contribution in [1.82, 2.24) is 15.5 Å². The van der Waals surface area contributed by atoms with E-state index in [-0.39, 0.29) is 11.9 Å². The molecule has 1 amide bonds. The summed E-state index contributed by atoms with van der Waals surface area (Å²) in [6.45, 7) is 2.76. The molecule has 4 heteroatoms. The first kappa shape index (κ1) is 14.1. The van der Waals surface area contributed by atoms with E-state index in [1.165, 1.54) is 12.0 Å². The third kappa shape index (κ3) is 4.71. The molecule has 0 aromatic carbocycles. The van der Waals surface area contributed by atoms with Gasteiger partial charge in [-0.3, -0.25) is 4.79 Å². The Morgan fingerprint density at radius 2 is 2.42 bits per heavy atom. The molecule has 2 rings (SSSR count). The van der Waals surface area contributed by atoms with Gasteiger partial charge in [-0.1, -0.05) is 18.1 Å². The first-order valence-corrected chi connectivity index (χ1v) is 7.33. The van der Waals surface area contributed by atoms with Crippen molar-refractivity contribution in [3.8, 4) is 0 Å². The summed E-state index contributed by atoms with van der Waals surface area (Å²) in [5.41, 5.74) is 1.44. The lowest BCUT2D eigenvalue weighted by Gasteiger charge is -2.23. The van der Waals surface area contributed by atoms with E-state index >= 15 is 0 Å². The Morgan fingerprint density at radius 1 is 1.53 bits per heavy atom. The predicted molar refractivity (Wildman–Crippen MR) is 77.7 cm³/mol. The number of carbonyl (C=O) groups is 1. The minimum Gasteiger partial charge on any atom is -0.376 e. The van der Waals surface area contributed by atoms with E-state index in [1.54, 1.807) is 0 Å². The molecule has 1 atom stereocenters. The maximum absolute atomic E-state index is 11.9. The van der Waals surface area contributed by atoms with E-state index in [9.17, 15) is 4.79 Å². The highest BCUT2D eigenvalue weighted by molar-refractivity contribution is 5.81. The van der Waals surface area contributed by atoms with Gasteiger partial charge in [-0.15, -0.1) is 0 Å². The maximum Gasteiger partial charge on any atom is 0.237 e. The van der Waals surface area contributed by atoms with Gasteiger partial charge in [0.25, 0.3) is 0 Å². The topological polar surface area (TPSA) is 44.4 Å². The van der Waals surface area contributed by atoms with E-state index in [1.807, 2.05) is 0 Å². The summed E-state index contributed by atoms with van der Waals surface area (Å²) in [5.74, 6) is 0.175. The van der Waals surface area contributed by atoms with Crippen LogP contribution in [0.15, 0.2) is 23.9 Å². The molecule has 2 aliphatic heterocycles. The van der Waals surface area contributed by atoms with Gasteiger partial charge in [-0.2, -0.15) is 0 Å². The summed E-state index contributed by atoms with van der Waals surface area (Å²) in [6, 6.07) is 0.0386. The molecule has 2 N–H and O–H groups in total. The van der Waals surface area contributed by atoms with Crippen molar-refractivity contribution < 1.29 is 4.79 Å². The Balaban J connectivity index is 1.60. The SMILES string of the molecule is CN1C=CC=C(CCCNC(=O)[C@@H]2CCCCN2)C1. The van der Waals surface area contributed by atoms with Crippen molar-refractivity contribution in [2.24, 2.45) is 0 Å². The van der Waals surface area contributed by atoms with E-state index in [0.29, 0.717) is 0 Å². The van der Waals surface area contributed by atoms with Crippen LogP contribution < -0.4 is 10.6 Å². The zero-order valence-corrected chi connectivity index (χ0v) is 11.8. The van der Waals surface area contributed by atoms with Crippen LogP contribution in [0.5, 0.6) is 0 Å². The van der Waals surface area contributed by atoms with Gasteiger partial charge in [0.05, 0.1) is 6.04 Å². The van der Waals surface area contributed by atoms with Crippen LogP contribution in [-0.2, 0) is 4.79 Å². The third-order valence-electron chi connectivity index (χ3n) is 3.73. The van der Waals surface area contributed by atoms with Crippen molar-refractivity contribution in [3.05, 3.63) is 23.9 Å². The zero-order chi connectivity index (χ0) is 13.5. The van der Waals surface area contributed by atoms with Crippen molar-refractivity contribution in [2.45, 2.75) is 38.1 Å². The van der Waals surface area contributed by atoms with Crippen LogP contribution in [0.3, 0.4) is 0 Å². The predicted octanol–water partition coefficient (Wildman–Crippen LogP) is 1.41. The average molecular weight is 263 g/mol. The monoisotopic (exact) mass is 263 g/mol. The molecule has 0 bridgehead atoms. The standard InChI is InChI=1S/C15H25N3O/c1-18-11-5-7-13(12-18)6-4-10-17-15(19)14-8-2-3-9-16-14/h5,7,11,14,16H,2-4,6,8-10,12H2,1H3,(H,17,19)/t14-/m0/s1. The lowest BCUT2D eigenvalue weighted by atomic mass is 10.0. The quantitative estimate of drug-likeness (QED) is 0.737. The van der Waals surface area contributed by atoms with Gasteiger partial charge in [-0.25, -0.2) is 0 Å². The molecule has 0 aliphatic carbocycles. The van der Waals surface area contributed by atoms with Gasteiger partial charge in [-0.05, 0) is 44.5 Å². The normalized spacial score (nSPS) is 23.1. The lowest BCUT2D eigenvalue weighted by molar-refractivity contribution is -0.123. The molecule has 0 aromatic rings. The highest BCUT2D eigenvalue weighted by Crippen LogP contribution is 2.11. The van der Waals surface area contributed by atoms with Gasteiger partial charge in [0.2, 0.25) is 5.91 Å². The van der Waals surface area contributed by atoms with E-state index in [2.05, 4.69) is 40.9 Å². The molecule has 0 unspecified atom stereocenters. The molecular formula is C15H25N3O. The number of rotatable bonds is 5. The van der Waals surface area contributed by atoms with Crippen molar-refractivity contribution in [3.63, 3.8) is 0 Å². The Labute approximate surface area is 115 Å². The molecule has 2 aliphatic rings. The Hall–Kier alpha value is -1.29. The fourth-order valence-corrected chi connectivity index (χ4v) is 2.64. The molecular weight excluding hydrogens is 238 g/mol. The van der Waals surface area contributed by atoms with E-state index in [4.69, 9.17) is 0 Å². The molecule has 4 nitrogen and oxygen atoms in total. The van der Waals surface area contributed by atoms with Crippen LogP contribution in [0.25, 0.3) is 0 Å². The van der Waals surface area contributed by atoms with E-state index < -0.39 is 0 Å². The lowest BCUT2D eigenvalue weighted by Crippen LogP contribution is -2.46. The van der Waals surface area contributed by atoms with Crippen LogP contribution in [-0.4, -0.2) is 43.5 Å². The summed E-state index contributed by atoms with van der Waals surface area (Å²) in [7, 11) is 2.08. The summed E-state index contributed by atoms with van der Waals surface area (Å²) in [5, 5.41) is 6.32. The molecule has 1 saturated heterocycles. The molecule has 106 valence electrons. The van der Waals surface area contributed by atoms with Gasteiger partial charge in [0.1, 0.15) is 0 Å². The average Bonchev–Trinajstić information content (AvgIpc) is 2.44. The minimum atomic E-state index is 0.0386. The van der Waals surface area contributed by atoms with Crippen LogP contribution in [0, 0.1) is 0 Å². The second-order valence-electron chi connectivity index (χ2n) is 5.48. The first-order valence-electron chi connectivity index (χ1n) is 7.33. The number of amides is 1. The van der Waals surface area contributed by atoms with Gasteiger partial charge < -0.3 is 15.5 Å². The molecule has 19 heavy (non-hydrogen) atoms. The van der Waals surface area contributed by atoms with Crippen molar-refractivity contribution in [1.29, 1.82) is 0 Å². The highest BCUT2D eigenvalue weighted by atomic mass is 16.2. The largest absolute Gasteiger partial charge is 0.376 e. The summed E-state index contributed by atoms with van der Waals surface area (Å²) in [6.07, 6.45) is 11.8. The number of nitrogens with one attached hydrogen (secondary N) is 2. The van der Waals surface area contributed by atoms with Crippen molar-refractivity contribution >= 4 is 5.91 Å². The Bertz CT molecular complexity index is 356. The highest BCUT2D eigenvalue weighted by Gasteiger charge is 2.19. The fraction of sp³-hybridized carbons (Fsp3) is 0.667. The number of likely N-dealkylation sites (N-methyl/N-ethyl adjacent to an activating group) is 1. The van der Waals surface area contributed by atoms with Crippen molar-refractivity contribution in [2.75, 3.05) is 26.7 Å². The van der Waals surface area contributed by atoms with Crippen LogP contribution in [0.2, 0.25) is 0 Å². The number of piperidine rings is 1.